The van der Waals surface area contributed by atoms with Gasteiger partial charge in [0.1, 0.15) is 6.10 Å². The molecule has 0 aromatic rings. The van der Waals surface area contributed by atoms with Crippen LogP contribution in [0.4, 0.5) is 0 Å². The van der Waals surface area contributed by atoms with E-state index in [-0.39, 0.29) is 6.54 Å². The number of azide groups is 1. The first kappa shape index (κ1) is 11.8. The van der Waals surface area contributed by atoms with Crippen molar-refractivity contribution >= 4 is 5.97 Å². The van der Waals surface area contributed by atoms with Gasteiger partial charge in [0.25, 0.3) is 0 Å². The van der Waals surface area contributed by atoms with Crippen LogP contribution in [0, 0.1) is 0 Å². The van der Waals surface area contributed by atoms with Crippen molar-refractivity contribution in [3.8, 4) is 0 Å². The lowest BCUT2D eigenvalue weighted by molar-refractivity contribution is -0.168. The van der Waals surface area contributed by atoms with Crippen LogP contribution in [0.25, 0.3) is 10.4 Å². The molecular formula is C8H13N3O4. The molecule has 0 bridgehead atoms. The molecule has 15 heavy (non-hydrogen) atoms. The molecule has 84 valence electrons. The fourth-order valence-corrected chi connectivity index (χ4v) is 1.40. The van der Waals surface area contributed by atoms with Crippen molar-refractivity contribution in [2.45, 2.75) is 31.8 Å². The lowest BCUT2D eigenvalue weighted by Crippen LogP contribution is -2.34. The van der Waals surface area contributed by atoms with Gasteiger partial charge in [-0.2, -0.15) is 0 Å². The highest BCUT2D eigenvalue weighted by Gasteiger charge is 2.45. The Morgan fingerprint density at radius 1 is 1.60 bits per heavy atom. The van der Waals surface area contributed by atoms with Crippen LogP contribution in [0.1, 0.15) is 13.8 Å². The van der Waals surface area contributed by atoms with E-state index in [2.05, 4.69) is 14.8 Å². The van der Waals surface area contributed by atoms with E-state index in [1.54, 1.807) is 13.8 Å². The van der Waals surface area contributed by atoms with Gasteiger partial charge in [-0.3, -0.25) is 0 Å². The van der Waals surface area contributed by atoms with Gasteiger partial charge in [0.05, 0.1) is 13.7 Å². The van der Waals surface area contributed by atoms with Crippen LogP contribution in [0.3, 0.4) is 0 Å². The van der Waals surface area contributed by atoms with Crippen molar-refractivity contribution in [2.75, 3.05) is 13.7 Å². The summed E-state index contributed by atoms with van der Waals surface area (Å²) in [5, 5.41) is 3.35. The average Bonchev–Trinajstić information content (AvgIpc) is 2.49. The smallest absolute Gasteiger partial charge is 0.337 e. The largest absolute Gasteiger partial charge is 0.467 e. The van der Waals surface area contributed by atoms with Crippen LogP contribution in [0.5, 0.6) is 0 Å². The van der Waals surface area contributed by atoms with Gasteiger partial charge in [-0.15, -0.1) is 0 Å². The molecular weight excluding hydrogens is 202 g/mol. The Labute approximate surface area is 86.9 Å². The predicted octanol–water partition coefficient (Wildman–Crippen LogP) is 0.990. The van der Waals surface area contributed by atoms with Crippen molar-refractivity contribution in [3.05, 3.63) is 10.4 Å². The first-order valence-corrected chi connectivity index (χ1v) is 4.44. The predicted molar refractivity (Wildman–Crippen MR) is 49.9 cm³/mol. The van der Waals surface area contributed by atoms with Gasteiger partial charge < -0.3 is 14.2 Å². The Bertz CT molecular complexity index is 298. The highest BCUT2D eigenvalue weighted by atomic mass is 16.8. The highest BCUT2D eigenvalue weighted by molar-refractivity contribution is 5.75. The van der Waals surface area contributed by atoms with Crippen LogP contribution in [-0.2, 0) is 19.0 Å². The normalized spacial score (nSPS) is 28.2. The van der Waals surface area contributed by atoms with Gasteiger partial charge in [-0.05, 0) is 19.4 Å². The van der Waals surface area contributed by atoms with Crippen molar-refractivity contribution in [1.29, 1.82) is 0 Å². The molecule has 0 radical (unpaired) electrons. The van der Waals surface area contributed by atoms with E-state index in [1.807, 2.05) is 0 Å². The summed E-state index contributed by atoms with van der Waals surface area (Å²) in [5.74, 6) is -1.40. The second-order valence-corrected chi connectivity index (χ2v) is 3.53. The molecule has 7 nitrogen and oxygen atoms in total. The Hall–Kier alpha value is -1.30. The Kier molecular flexibility index (Phi) is 3.52. The average molecular weight is 215 g/mol. The second kappa shape index (κ2) is 4.48. The lowest BCUT2D eigenvalue weighted by atomic mass is 10.2. The maximum absolute atomic E-state index is 11.3. The summed E-state index contributed by atoms with van der Waals surface area (Å²) in [4.78, 5) is 13.9. The Balaban J connectivity index is 2.73. The van der Waals surface area contributed by atoms with Crippen molar-refractivity contribution in [3.63, 3.8) is 0 Å². The zero-order valence-electron chi connectivity index (χ0n) is 8.84. The first-order valence-electron chi connectivity index (χ1n) is 4.44. The monoisotopic (exact) mass is 215 g/mol. The molecule has 1 heterocycles. The van der Waals surface area contributed by atoms with E-state index < -0.39 is 24.0 Å². The highest BCUT2D eigenvalue weighted by Crippen LogP contribution is 2.28. The maximum atomic E-state index is 11.3. The van der Waals surface area contributed by atoms with Crippen LogP contribution in [0.15, 0.2) is 5.11 Å². The van der Waals surface area contributed by atoms with Crippen LogP contribution >= 0.6 is 0 Å². The Morgan fingerprint density at radius 2 is 2.27 bits per heavy atom. The van der Waals surface area contributed by atoms with Crippen LogP contribution in [0.2, 0.25) is 0 Å². The Morgan fingerprint density at radius 3 is 2.80 bits per heavy atom. The van der Waals surface area contributed by atoms with E-state index in [4.69, 9.17) is 15.0 Å². The molecule has 0 N–H and O–H groups in total. The summed E-state index contributed by atoms with van der Waals surface area (Å²) >= 11 is 0. The number of methoxy groups -OCH3 is 1. The third-order valence-electron chi connectivity index (χ3n) is 1.94. The van der Waals surface area contributed by atoms with E-state index in [9.17, 15) is 4.79 Å². The number of esters is 1. The van der Waals surface area contributed by atoms with Gasteiger partial charge in [0.2, 0.25) is 0 Å². The van der Waals surface area contributed by atoms with E-state index in [1.165, 1.54) is 7.11 Å². The summed E-state index contributed by atoms with van der Waals surface area (Å²) in [6, 6.07) is 0. The quantitative estimate of drug-likeness (QED) is 0.303. The van der Waals surface area contributed by atoms with Gasteiger partial charge in [-0.25, -0.2) is 4.79 Å². The molecule has 0 aromatic heterocycles. The molecule has 1 fully saturated rings. The van der Waals surface area contributed by atoms with Gasteiger partial charge in [0.15, 0.2) is 11.9 Å². The number of carbonyl (C=O) groups is 1. The van der Waals surface area contributed by atoms with Gasteiger partial charge >= 0.3 is 5.97 Å². The minimum absolute atomic E-state index is 0.0414. The van der Waals surface area contributed by atoms with Crippen LogP contribution in [-0.4, -0.2) is 37.6 Å². The molecule has 0 aliphatic carbocycles. The lowest BCUT2D eigenvalue weighted by Gasteiger charge is -2.15. The molecule has 1 aliphatic heterocycles. The van der Waals surface area contributed by atoms with E-state index in [0.29, 0.717) is 0 Å². The van der Waals surface area contributed by atoms with Crippen molar-refractivity contribution < 1.29 is 19.0 Å². The summed E-state index contributed by atoms with van der Waals surface area (Å²) in [7, 11) is 1.27. The minimum atomic E-state index is -0.867. The summed E-state index contributed by atoms with van der Waals surface area (Å²) in [6.45, 7) is 3.40. The topological polar surface area (TPSA) is 93.5 Å². The molecule has 1 rings (SSSR count). The van der Waals surface area contributed by atoms with Gasteiger partial charge in [0, 0.05) is 4.91 Å². The van der Waals surface area contributed by atoms with Crippen molar-refractivity contribution in [2.24, 2.45) is 5.11 Å². The molecule has 0 aromatic carbocycles. The van der Waals surface area contributed by atoms with E-state index >= 15 is 0 Å². The molecule has 0 unspecified atom stereocenters. The molecule has 1 saturated heterocycles. The van der Waals surface area contributed by atoms with Gasteiger partial charge in [-0.1, -0.05) is 5.11 Å². The maximum Gasteiger partial charge on any atom is 0.337 e. The van der Waals surface area contributed by atoms with Crippen LogP contribution < -0.4 is 0 Å². The fraction of sp³-hybridized carbons (Fsp3) is 0.875. The molecule has 0 spiro atoms. The van der Waals surface area contributed by atoms with Crippen molar-refractivity contribution in [1.82, 2.24) is 0 Å². The molecule has 0 saturated carbocycles. The number of nitrogens with zero attached hydrogens (tertiary/aromatic N) is 3. The zero-order valence-corrected chi connectivity index (χ0v) is 8.84. The molecule has 1 aliphatic rings. The third kappa shape index (κ3) is 2.82. The second-order valence-electron chi connectivity index (χ2n) is 3.53. The SMILES string of the molecule is COC(=O)[C@H]1OC(C)(C)O[C@@H]1CN=[N+]=[N-]. The van der Waals surface area contributed by atoms with E-state index in [0.717, 1.165) is 0 Å². The number of rotatable bonds is 3. The molecule has 7 heteroatoms. The number of carbonyl (C=O) groups excluding carboxylic acids is 1. The summed E-state index contributed by atoms with van der Waals surface area (Å²) in [5.41, 5.74) is 8.18. The number of ether oxygens (including phenoxy) is 3. The summed E-state index contributed by atoms with van der Waals surface area (Å²) in [6.07, 6.45) is -1.43. The number of hydrogen-bond donors (Lipinski definition) is 0. The molecule has 2 atom stereocenters. The summed E-state index contributed by atoms with van der Waals surface area (Å²) < 4.78 is 15.3. The standard InChI is InChI=1S/C8H13N3O4/c1-8(2)14-5(4-10-11-9)6(15-8)7(12)13-3/h5-6H,4H2,1-3H3/t5-,6+/m1/s1. The first-order chi connectivity index (χ1) is 7.00. The number of hydrogen-bond acceptors (Lipinski definition) is 5. The minimum Gasteiger partial charge on any atom is -0.467 e. The fourth-order valence-electron chi connectivity index (χ4n) is 1.40. The zero-order chi connectivity index (χ0) is 11.5. The third-order valence-corrected chi connectivity index (χ3v) is 1.94. The molecule has 0 amide bonds.